The summed E-state index contributed by atoms with van der Waals surface area (Å²) in [6.45, 7) is 13.9. The van der Waals surface area contributed by atoms with Gasteiger partial charge in [0.15, 0.2) is 0 Å². The average Bonchev–Trinajstić information content (AvgIpc) is 2.49. The number of carbonyl (C=O) groups excluding carboxylic acids is 1. The Morgan fingerprint density at radius 3 is 2.00 bits per heavy atom. The minimum absolute atomic E-state index is 0.0766. The minimum atomic E-state index is -1.02. The van der Waals surface area contributed by atoms with Crippen LogP contribution in [0.15, 0.2) is 29.2 Å². The molecule has 4 nitrogen and oxygen atoms in total. The lowest BCUT2D eigenvalue weighted by atomic mass is 10.2. The van der Waals surface area contributed by atoms with Gasteiger partial charge in [-0.15, -0.1) is 0 Å². The Morgan fingerprint density at radius 2 is 1.57 bits per heavy atom. The minimum Gasteiger partial charge on any atom is -0.351 e. The van der Waals surface area contributed by atoms with Crippen LogP contribution in [-0.4, -0.2) is 45.4 Å². The predicted octanol–water partition coefficient (Wildman–Crippen LogP) is 3.05. The van der Waals surface area contributed by atoms with E-state index >= 15 is 0 Å². The van der Waals surface area contributed by atoms with E-state index in [0.29, 0.717) is 24.2 Å². The van der Waals surface area contributed by atoms with Crippen molar-refractivity contribution in [3.8, 4) is 0 Å². The SMILES string of the molecule is CC(C)N(CCNC(=O)c1ccc([S@@](=O)C(C)C)cc1)C(C)C. The molecule has 0 spiro atoms. The van der Waals surface area contributed by atoms with Crippen molar-refractivity contribution in [1.29, 1.82) is 0 Å². The maximum Gasteiger partial charge on any atom is 0.251 e. The summed E-state index contributed by atoms with van der Waals surface area (Å²) in [5.41, 5.74) is 0.607. The van der Waals surface area contributed by atoms with E-state index in [1.165, 1.54) is 0 Å². The van der Waals surface area contributed by atoms with Crippen LogP contribution in [0.2, 0.25) is 0 Å². The van der Waals surface area contributed by atoms with Crippen molar-refractivity contribution in [2.24, 2.45) is 0 Å². The Labute approximate surface area is 143 Å². The predicted molar refractivity (Wildman–Crippen MR) is 97.3 cm³/mol. The molecule has 0 saturated carbocycles. The van der Waals surface area contributed by atoms with Crippen molar-refractivity contribution in [2.75, 3.05) is 13.1 Å². The van der Waals surface area contributed by atoms with Crippen LogP contribution in [0.5, 0.6) is 0 Å². The van der Waals surface area contributed by atoms with Crippen LogP contribution in [0.25, 0.3) is 0 Å². The highest BCUT2D eigenvalue weighted by Gasteiger charge is 2.14. The average molecular weight is 339 g/mol. The van der Waals surface area contributed by atoms with Crippen LogP contribution < -0.4 is 5.32 Å². The third-order valence-electron chi connectivity index (χ3n) is 3.76. The molecule has 0 aliphatic rings. The molecule has 1 N–H and O–H groups in total. The molecule has 130 valence electrons. The monoisotopic (exact) mass is 338 g/mol. The normalized spacial score (nSPS) is 13.1. The zero-order chi connectivity index (χ0) is 17.6. The number of rotatable bonds is 8. The fourth-order valence-corrected chi connectivity index (χ4v) is 3.47. The van der Waals surface area contributed by atoms with E-state index in [-0.39, 0.29) is 11.2 Å². The van der Waals surface area contributed by atoms with E-state index in [1.54, 1.807) is 24.3 Å². The Balaban J connectivity index is 2.57. The summed E-state index contributed by atoms with van der Waals surface area (Å²) >= 11 is 0. The van der Waals surface area contributed by atoms with Crippen LogP contribution in [0.4, 0.5) is 0 Å². The highest BCUT2D eigenvalue weighted by Crippen LogP contribution is 2.12. The number of amides is 1. The molecule has 1 aromatic rings. The molecule has 1 atom stereocenters. The smallest absolute Gasteiger partial charge is 0.251 e. The third kappa shape index (κ3) is 6.07. The molecule has 0 radical (unpaired) electrons. The second-order valence-corrected chi connectivity index (χ2v) is 8.56. The lowest BCUT2D eigenvalue weighted by Gasteiger charge is -2.30. The molecule has 5 heteroatoms. The van der Waals surface area contributed by atoms with Crippen LogP contribution in [0, 0.1) is 0 Å². The van der Waals surface area contributed by atoms with E-state index in [9.17, 15) is 9.00 Å². The molecule has 1 rings (SSSR count). The van der Waals surface area contributed by atoms with Gasteiger partial charge in [-0.3, -0.25) is 13.9 Å². The van der Waals surface area contributed by atoms with E-state index in [2.05, 4.69) is 37.9 Å². The Bertz CT molecular complexity index is 516. The summed E-state index contributed by atoms with van der Waals surface area (Å²) in [7, 11) is -1.02. The van der Waals surface area contributed by atoms with Gasteiger partial charge in [0.05, 0.1) is 10.8 Å². The van der Waals surface area contributed by atoms with Gasteiger partial charge in [-0.1, -0.05) is 13.8 Å². The van der Waals surface area contributed by atoms with Gasteiger partial charge in [-0.25, -0.2) is 0 Å². The van der Waals surface area contributed by atoms with Gasteiger partial charge in [-0.2, -0.15) is 0 Å². The van der Waals surface area contributed by atoms with Crippen molar-refractivity contribution < 1.29 is 9.00 Å². The summed E-state index contributed by atoms with van der Waals surface area (Å²) in [4.78, 5) is 15.3. The molecule has 0 unspecified atom stereocenters. The van der Waals surface area contributed by atoms with Crippen LogP contribution in [0.3, 0.4) is 0 Å². The maximum absolute atomic E-state index is 12.2. The van der Waals surface area contributed by atoms with Crippen molar-refractivity contribution in [1.82, 2.24) is 10.2 Å². The molecule has 23 heavy (non-hydrogen) atoms. The molecule has 0 fully saturated rings. The Morgan fingerprint density at radius 1 is 1.04 bits per heavy atom. The van der Waals surface area contributed by atoms with Gasteiger partial charge in [0, 0.05) is 40.9 Å². The van der Waals surface area contributed by atoms with Crippen molar-refractivity contribution >= 4 is 16.7 Å². The molecule has 0 heterocycles. The lowest BCUT2D eigenvalue weighted by Crippen LogP contribution is -2.42. The first-order valence-electron chi connectivity index (χ1n) is 8.28. The summed E-state index contributed by atoms with van der Waals surface area (Å²) in [5, 5.41) is 3.03. The second kappa shape index (κ2) is 9.18. The fourth-order valence-electron chi connectivity index (χ4n) is 2.53. The summed E-state index contributed by atoms with van der Waals surface area (Å²) in [6, 6.07) is 7.95. The molecule has 0 aliphatic heterocycles. The van der Waals surface area contributed by atoms with E-state index < -0.39 is 10.8 Å². The Hall–Kier alpha value is -1.20. The number of benzene rings is 1. The zero-order valence-electron chi connectivity index (χ0n) is 15.1. The Kier molecular flexibility index (Phi) is 7.92. The van der Waals surface area contributed by atoms with Crippen molar-refractivity contribution in [3.05, 3.63) is 29.8 Å². The largest absolute Gasteiger partial charge is 0.351 e. The van der Waals surface area contributed by atoms with Crippen molar-refractivity contribution in [2.45, 2.75) is 63.8 Å². The molecule has 0 bridgehead atoms. The number of nitrogens with one attached hydrogen (secondary N) is 1. The first kappa shape index (κ1) is 19.8. The molecule has 0 saturated heterocycles. The highest BCUT2D eigenvalue weighted by molar-refractivity contribution is 7.85. The summed E-state index contributed by atoms with van der Waals surface area (Å²) in [5.74, 6) is -0.0839. The molecular formula is C18H30N2O2S. The third-order valence-corrected chi connectivity index (χ3v) is 5.35. The molecule has 0 aliphatic carbocycles. The van der Waals surface area contributed by atoms with E-state index in [4.69, 9.17) is 0 Å². The first-order valence-corrected chi connectivity index (χ1v) is 9.50. The number of hydrogen-bond acceptors (Lipinski definition) is 3. The molecule has 1 aromatic carbocycles. The molecule has 0 aromatic heterocycles. The standard InChI is InChI=1S/C18H30N2O2S/c1-13(2)20(14(3)4)12-11-19-18(21)16-7-9-17(10-8-16)23(22)15(5)6/h7-10,13-15H,11-12H2,1-6H3,(H,19,21)/t23-/m0/s1. The van der Waals surface area contributed by atoms with E-state index in [0.717, 1.165) is 11.4 Å². The topological polar surface area (TPSA) is 49.4 Å². The van der Waals surface area contributed by atoms with Gasteiger partial charge < -0.3 is 5.32 Å². The summed E-state index contributed by atoms with van der Waals surface area (Å²) < 4.78 is 12.0. The molecular weight excluding hydrogens is 308 g/mol. The highest BCUT2D eigenvalue weighted by atomic mass is 32.2. The van der Waals surface area contributed by atoms with Crippen molar-refractivity contribution in [3.63, 3.8) is 0 Å². The zero-order valence-corrected chi connectivity index (χ0v) is 15.9. The van der Waals surface area contributed by atoms with Gasteiger partial charge in [0.25, 0.3) is 5.91 Å². The maximum atomic E-state index is 12.2. The first-order chi connectivity index (χ1) is 10.7. The summed E-state index contributed by atoms with van der Waals surface area (Å²) in [6.07, 6.45) is 0. The quantitative estimate of drug-likeness (QED) is 0.792. The van der Waals surface area contributed by atoms with Gasteiger partial charge in [-0.05, 0) is 52.0 Å². The molecule has 1 amide bonds. The van der Waals surface area contributed by atoms with Crippen LogP contribution in [0.1, 0.15) is 51.9 Å². The van der Waals surface area contributed by atoms with Crippen LogP contribution in [-0.2, 0) is 10.8 Å². The number of nitrogens with zero attached hydrogens (tertiary/aromatic N) is 1. The number of hydrogen-bond donors (Lipinski definition) is 1. The van der Waals surface area contributed by atoms with E-state index in [1.807, 2.05) is 13.8 Å². The van der Waals surface area contributed by atoms with Crippen LogP contribution >= 0.6 is 0 Å². The van der Waals surface area contributed by atoms with Gasteiger partial charge in [0.2, 0.25) is 0 Å². The van der Waals surface area contributed by atoms with Gasteiger partial charge in [0.1, 0.15) is 0 Å². The number of carbonyl (C=O) groups is 1. The lowest BCUT2D eigenvalue weighted by molar-refractivity contribution is 0.0939. The van der Waals surface area contributed by atoms with Gasteiger partial charge >= 0.3 is 0 Å². The second-order valence-electron chi connectivity index (χ2n) is 6.55. The fraction of sp³-hybridized carbons (Fsp3) is 0.611.